The molecule has 3 aromatic heterocycles. The number of pyridine rings is 1. The van der Waals surface area contributed by atoms with Crippen LogP contribution >= 0.6 is 22.7 Å². The number of nitrogens with zero attached hydrogens (tertiary/aromatic N) is 2. The Labute approximate surface area is 170 Å². The van der Waals surface area contributed by atoms with Crippen LogP contribution in [0.5, 0.6) is 0 Å². The van der Waals surface area contributed by atoms with Crippen molar-refractivity contribution >= 4 is 59.8 Å². The molecule has 142 valence electrons. The van der Waals surface area contributed by atoms with E-state index in [4.69, 9.17) is 10.7 Å². The van der Waals surface area contributed by atoms with E-state index in [0.29, 0.717) is 15.7 Å². The summed E-state index contributed by atoms with van der Waals surface area (Å²) in [6.07, 6.45) is 6.96. The number of aromatic nitrogens is 2. The smallest absolute Gasteiger partial charge is 0.269 e. The Hall–Kier alpha value is -2.51. The number of carbonyl (C=O) groups is 1. The quantitative estimate of drug-likeness (QED) is 0.465. The first-order chi connectivity index (χ1) is 13.7. The van der Waals surface area contributed by atoms with Crippen molar-refractivity contribution in [3.8, 4) is 0 Å². The van der Waals surface area contributed by atoms with Gasteiger partial charge in [0.25, 0.3) is 5.91 Å². The van der Waals surface area contributed by atoms with Gasteiger partial charge in [0.15, 0.2) is 5.13 Å². The number of para-hydroxylation sites is 1. The minimum Gasteiger partial charge on any atom is -0.397 e. The predicted octanol–water partition coefficient (Wildman–Crippen LogP) is 5.40. The molecule has 7 heteroatoms. The molecule has 0 atom stereocenters. The van der Waals surface area contributed by atoms with E-state index in [1.165, 1.54) is 59.6 Å². The highest BCUT2D eigenvalue weighted by molar-refractivity contribution is 7.23. The predicted molar refractivity (Wildman–Crippen MR) is 117 cm³/mol. The summed E-state index contributed by atoms with van der Waals surface area (Å²) in [4.78, 5) is 23.6. The maximum atomic E-state index is 12.9. The summed E-state index contributed by atoms with van der Waals surface area (Å²) in [5, 5.41) is 4.40. The minimum atomic E-state index is -0.216. The van der Waals surface area contributed by atoms with Gasteiger partial charge in [-0.2, -0.15) is 0 Å². The molecule has 1 aromatic carbocycles. The fourth-order valence-corrected chi connectivity index (χ4v) is 5.61. The minimum absolute atomic E-state index is 0.216. The van der Waals surface area contributed by atoms with Crippen molar-refractivity contribution in [2.75, 3.05) is 11.1 Å². The zero-order chi connectivity index (χ0) is 19.1. The van der Waals surface area contributed by atoms with Gasteiger partial charge in [-0.25, -0.2) is 9.97 Å². The highest BCUT2D eigenvalue weighted by Gasteiger charge is 2.20. The number of nitrogens with two attached hydrogens (primary N) is 1. The Morgan fingerprint density at radius 2 is 1.86 bits per heavy atom. The van der Waals surface area contributed by atoms with Crippen LogP contribution in [-0.2, 0) is 12.8 Å². The summed E-state index contributed by atoms with van der Waals surface area (Å²) in [7, 11) is 0. The van der Waals surface area contributed by atoms with E-state index >= 15 is 0 Å². The molecule has 0 saturated heterocycles. The van der Waals surface area contributed by atoms with E-state index in [2.05, 4.69) is 16.4 Å². The van der Waals surface area contributed by atoms with Crippen LogP contribution in [0.3, 0.4) is 0 Å². The Balaban J connectivity index is 1.49. The third-order valence-electron chi connectivity index (χ3n) is 5.22. The molecule has 5 rings (SSSR count). The molecule has 0 aliphatic heterocycles. The van der Waals surface area contributed by atoms with Gasteiger partial charge in [0.1, 0.15) is 9.71 Å². The van der Waals surface area contributed by atoms with Gasteiger partial charge in [-0.1, -0.05) is 36.3 Å². The number of thiophene rings is 1. The van der Waals surface area contributed by atoms with Gasteiger partial charge in [0.2, 0.25) is 0 Å². The van der Waals surface area contributed by atoms with Gasteiger partial charge in [-0.05, 0) is 49.4 Å². The van der Waals surface area contributed by atoms with E-state index in [1.807, 2.05) is 24.3 Å². The third kappa shape index (κ3) is 3.14. The molecule has 3 heterocycles. The van der Waals surface area contributed by atoms with Gasteiger partial charge in [0, 0.05) is 11.1 Å². The number of hydrogen-bond donors (Lipinski definition) is 2. The maximum Gasteiger partial charge on any atom is 0.269 e. The first kappa shape index (κ1) is 17.6. The number of nitrogen functional groups attached to an aromatic ring is 1. The second-order valence-corrected chi connectivity index (χ2v) is 9.18. The van der Waals surface area contributed by atoms with Crippen LogP contribution in [-0.4, -0.2) is 15.9 Å². The number of fused-ring (bicyclic) bond motifs is 3. The number of nitrogens with one attached hydrogen (secondary N) is 1. The number of rotatable bonds is 2. The maximum absolute atomic E-state index is 12.9. The summed E-state index contributed by atoms with van der Waals surface area (Å²) >= 11 is 2.83. The standard InChI is InChI=1S/C21H20N4OS2/c22-17-13-11-12-7-3-1-2-4-8-14(12)23-20(13)28-18(17)19(26)25-21-24-15-9-5-6-10-16(15)27-21/h5-6,9-11H,1-4,7-8,22H2,(H,24,25,26). The summed E-state index contributed by atoms with van der Waals surface area (Å²) in [5.41, 5.74) is 10.2. The average Bonchev–Trinajstić information content (AvgIpc) is 3.22. The Morgan fingerprint density at radius 1 is 1.04 bits per heavy atom. The van der Waals surface area contributed by atoms with Crippen LogP contribution in [0.1, 0.15) is 46.6 Å². The molecule has 0 saturated carbocycles. The number of amides is 1. The van der Waals surface area contributed by atoms with E-state index in [-0.39, 0.29) is 5.91 Å². The van der Waals surface area contributed by atoms with Gasteiger partial charge < -0.3 is 5.73 Å². The molecule has 0 radical (unpaired) electrons. The van der Waals surface area contributed by atoms with Gasteiger partial charge in [-0.15, -0.1) is 11.3 Å². The number of aryl methyl sites for hydroxylation is 2. The number of anilines is 2. The van der Waals surface area contributed by atoms with Crippen LogP contribution in [0.15, 0.2) is 30.3 Å². The van der Waals surface area contributed by atoms with Crippen LogP contribution in [0.4, 0.5) is 10.8 Å². The SMILES string of the molecule is Nc1c(C(=O)Nc2nc3ccccc3s2)sc2nc3c(cc12)CCCCCC3. The first-order valence-corrected chi connectivity index (χ1v) is 11.2. The fraction of sp³-hybridized carbons (Fsp3) is 0.286. The van der Waals surface area contributed by atoms with Crippen molar-refractivity contribution in [2.45, 2.75) is 38.5 Å². The van der Waals surface area contributed by atoms with E-state index in [1.54, 1.807) is 0 Å². The molecule has 28 heavy (non-hydrogen) atoms. The topological polar surface area (TPSA) is 80.9 Å². The van der Waals surface area contributed by atoms with Crippen molar-refractivity contribution in [3.05, 3.63) is 46.5 Å². The highest BCUT2D eigenvalue weighted by Crippen LogP contribution is 2.36. The van der Waals surface area contributed by atoms with Crippen LogP contribution in [0.2, 0.25) is 0 Å². The summed E-state index contributed by atoms with van der Waals surface area (Å²) < 4.78 is 1.04. The summed E-state index contributed by atoms with van der Waals surface area (Å²) in [6.45, 7) is 0. The van der Waals surface area contributed by atoms with Crippen molar-refractivity contribution in [1.29, 1.82) is 0 Å². The number of thiazole rings is 1. The molecule has 1 amide bonds. The lowest BCUT2D eigenvalue weighted by atomic mass is 9.96. The molecule has 0 spiro atoms. The second kappa shape index (κ2) is 7.14. The first-order valence-electron chi connectivity index (χ1n) is 9.57. The van der Waals surface area contributed by atoms with Gasteiger partial charge in [-0.3, -0.25) is 10.1 Å². The summed E-state index contributed by atoms with van der Waals surface area (Å²) in [5.74, 6) is -0.216. The molecule has 1 aliphatic rings. The van der Waals surface area contributed by atoms with Crippen LogP contribution < -0.4 is 11.1 Å². The molecule has 4 aromatic rings. The molecular formula is C21H20N4OS2. The monoisotopic (exact) mass is 408 g/mol. The number of benzene rings is 1. The van der Waals surface area contributed by atoms with Crippen LogP contribution in [0, 0.1) is 0 Å². The van der Waals surface area contributed by atoms with E-state index in [0.717, 1.165) is 33.3 Å². The third-order valence-corrected chi connectivity index (χ3v) is 7.29. The van der Waals surface area contributed by atoms with Crippen molar-refractivity contribution < 1.29 is 4.79 Å². The molecule has 0 fully saturated rings. The zero-order valence-electron chi connectivity index (χ0n) is 15.3. The van der Waals surface area contributed by atoms with E-state index < -0.39 is 0 Å². The van der Waals surface area contributed by atoms with Crippen molar-refractivity contribution in [1.82, 2.24) is 9.97 Å². The molecule has 0 bridgehead atoms. The Kier molecular flexibility index (Phi) is 4.49. The lowest BCUT2D eigenvalue weighted by molar-refractivity contribution is 0.103. The molecule has 3 N–H and O–H groups in total. The fourth-order valence-electron chi connectivity index (χ4n) is 3.76. The van der Waals surface area contributed by atoms with Crippen LogP contribution in [0.25, 0.3) is 20.4 Å². The highest BCUT2D eigenvalue weighted by atomic mass is 32.1. The second-order valence-electron chi connectivity index (χ2n) is 7.15. The number of carbonyl (C=O) groups excluding carboxylic acids is 1. The largest absolute Gasteiger partial charge is 0.397 e. The lowest BCUT2D eigenvalue weighted by Crippen LogP contribution is -2.11. The normalized spacial score (nSPS) is 14.6. The molecule has 5 nitrogen and oxygen atoms in total. The zero-order valence-corrected chi connectivity index (χ0v) is 17.0. The Morgan fingerprint density at radius 3 is 2.71 bits per heavy atom. The molecular weight excluding hydrogens is 388 g/mol. The van der Waals surface area contributed by atoms with Crippen molar-refractivity contribution in [3.63, 3.8) is 0 Å². The van der Waals surface area contributed by atoms with Gasteiger partial charge in [0.05, 0.1) is 15.9 Å². The molecule has 1 aliphatic carbocycles. The summed E-state index contributed by atoms with van der Waals surface area (Å²) in [6, 6.07) is 10.00. The van der Waals surface area contributed by atoms with Crippen molar-refractivity contribution in [2.24, 2.45) is 0 Å². The van der Waals surface area contributed by atoms with Gasteiger partial charge >= 0.3 is 0 Å². The number of hydrogen-bond acceptors (Lipinski definition) is 6. The lowest BCUT2D eigenvalue weighted by Gasteiger charge is -2.12. The average molecular weight is 409 g/mol. The van der Waals surface area contributed by atoms with E-state index in [9.17, 15) is 4.79 Å². The molecule has 0 unspecified atom stereocenters. The Bertz CT molecular complexity index is 1160.